The largest absolute Gasteiger partial charge is 0.376 e. The first kappa shape index (κ1) is 9.99. The van der Waals surface area contributed by atoms with E-state index in [-0.39, 0.29) is 6.04 Å². The van der Waals surface area contributed by atoms with Gasteiger partial charge in [-0.25, -0.2) is 0 Å². The van der Waals surface area contributed by atoms with E-state index in [0.29, 0.717) is 5.11 Å². The lowest BCUT2D eigenvalue weighted by molar-refractivity contribution is 0.719. The second-order valence-corrected chi connectivity index (χ2v) is 3.58. The fourth-order valence-corrected chi connectivity index (χ4v) is 1.33. The molecular weight excluding hydrogens is 180 g/mol. The molecule has 3 N–H and O–H groups in total. The van der Waals surface area contributed by atoms with Gasteiger partial charge < -0.3 is 11.1 Å². The number of nitrogens with two attached hydrogens (primary N) is 1. The number of thiocarbonyl (C=S) groups is 1. The highest BCUT2D eigenvalue weighted by atomic mass is 32.1. The summed E-state index contributed by atoms with van der Waals surface area (Å²) in [5.74, 6) is 0. The van der Waals surface area contributed by atoms with E-state index < -0.39 is 0 Å². The van der Waals surface area contributed by atoms with Gasteiger partial charge >= 0.3 is 0 Å². The molecule has 0 saturated heterocycles. The van der Waals surface area contributed by atoms with Crippen molar-refractivity contribution in [2.24, 2.45) is 5.73 Å². The van der Waals surface area contributed by atoms with Crippen LogP contribution in [-0.4, -0.2) is 5.11 Å². The lowest BCUT2D eigenvalue weighted by Gasteiger charge is -2.13. The van der Waals surface area contributed by atoms with E-state index in [0.717, 1.165) is 0 Å². The molecule has 0 unspecified atom stereocenters. The van der Waals surface area contributed by atoms with Crippen LogP contribution in [0.2, 0.25) is 0 Å². The van der Waals surface area contributed by atoms with Gasteiger partial charge in [0.15, 0.2) is 5.11 Å². The zero-order chi connectivity index (χ0) is 9.84. The molecule has 0 aromatic heterocycles. The molecule has 0 aliphatic heterocycles. The summed E-state index contributed by atoms with van der Waals surface area (Å²) < 4.78 is 0. The maximum absolute atomic E-state index is 5.38. The summed E-state index contributed by atoms with van der Waals surface area (Å²) >= 11 is 4.76. The molecule has 0 aliphatic carbocycles. The van der Waals surface area contributed by atoms with Gasteiger partial charge in [0, 0.05) is 0 Å². The van der Waals surface area contributed by atoms with Crippen molar-refractivity contribution in [1.29, 1.82) is 0 Å². The third-order valence-corrected chi connectivity index (χ3v) is 2.05. The predicted octanol–water partition coefficient (Wildman–Crippen LogP) is 1.89. The number of hydrogen-bond acceptors (Lipinski definition) is 1. The van der Waals surface area contributed by atoms with Crippen LogP contribution in [0.5, 0.6) is 0 Å². The third kappa shape index (κ3) is 3.03. The molecule has 0 amide bonds. The van der Waals surface area contributed by atoms with Crippen molar-refractivity contribution < 1.29 is 0 Å². The van der Waals surface area contributed by atoms with Crippen molar-refractivity contribution >= 4 is 17.3 Å². The summed E-state index contributed by atoms with van der Waals surface area (Å²) in [6.45, 7) is 4.10. The van der Waals surface area contributed by atoms with Crippen LogP contribution in [0.15, 0.2) is 24.3 Å². The smallest absolute Gasteiger partial charge is 0.164 e. The van der Waals surface area contributed by atoms with E-state index in [1.807, 2.05) is 6.92 Å². The zero-order valence-electron chi connectivity index (χ0n) is 7.87. The first-order valence-electron chi connectivity index (χ1n) is 4.22. The first-order valence-corrected chi connectivity index (χ1v) is 4.63. The monoisotopic (exact) mass is 194 g/mol. The molecule has 2 nitrogen and oxygen atoms in total. The van der Waals surface area contributed by atoms with Gasteiger partial charge in [-0.15, -0.1) is 0 Å². The molecule has 0 spiro atoms. The van der Waals surface area contributed by atoms with Crippen LogP contribution >= 0.6 is 12.2 Å². The standard InChI is InChI=1S/C10H14N2S/c1-7-3-5-9(6-4-7)8(2)12-10(11)13/h3-6,8H,1-2H3,(H3,11,12,13)/t8-/m0/s1. The van der Waals surface area contributed by atoms with Crippen molar-refractivity contribution in [3.05, 3.63) is 35.4 Å². The number of aryl methyl sites for hydroxylation is 1. The molecule has 0 bridgehead atoms. The van der Waals surface area contributed by atoms with Crippen LogP contribution in [0.4, 0.5) is 0 Å². The molecule has 1 rings (SSSR count). The summed E-state index contributed by atoms with van der Waals surface area (Å²) in [5.41, 5.74) is 7.83. The Kier molecular flexibility index (Phi) is 3.25. The van der Waals surface area contributed by atoms with E-state index in [9.17, 15) is 0 Å². The number of rotatable bonds is 2. The van der Waals surface area contributed by atoms with Crippen molar-refractivity contribution in [1.82, 2.24) is 5.32 Å². The molecule has 70 valence electrons. The molecule has 1 atom stereocenters. The van der Waals surface area contributed by atoms with Gasteiger partial charge in [-0.1, -0.05) is 29.8 Å². The molecule has 0 radical (unpaired) electrons. The van der Waals surface area contributed by atoms with Crippen LogP contribution in [0.1, 0.15) is 24.1 Å². The quantitative estimate of drug-likeness (QED) is 0.706. The molecule has 0 heterocycles. The fraction of sp³-hybridized carbons (Fsp3) is 0.300. The van der Waals surface area contributed by atoms with Crippen molar-refractivity contribution in [2.75, 3.05) is 0 Å². The van der Waals surface area contributed by atoms with E-state index in [4.69, 9.17) is 18.0 Å². The summed E-state index contributed by atoms with van der Waals surface area (Å²) in [4.78, 5) is 0. The lowest BCUT2D eigenvalue weighted by Crippen LogP contribution is -2.31. The Morgan fingerprint density at radius 3 is 2.38 bits per heavy atom. The Hall–Kier alpha value is -1.09. The highest BCUT2D eigenvalue weighted by Crippen LogP contribution is 2.12. The van der Waals surface area contributed by atoms with Gasteiger partial charge in [-0.2, -0.15) is 0 Å². The Bertz CT molecular complexity index is 292. The van der Waals surface area contributed by atoms with Gasteiger partial charge in [0.05, 0.1) is 6.04 Å². The highest BCUT2D eigenvalue weighted by Gasteiger charge is 2.03. The number of benzene rings is 1. The first-order chi connectivity index (χ1) is 6.09. The summed E-state index contributed by atoms with van der Waals surface area (Å²) in [6.07, 6.45) is 0. The minimum Gasteiger partial charge on any atom is -0.376 e. The second-order valence-electron chi connectivity index (χ2n) is 3.14. The van der Waals surface area contributed by atoms with E-state index in [1.54, 1.807) is 0 Å². The Morgan fingerprint density at radius 2 is 1.92 bits per heavy atom. The average Bonchev–Trinajstić information content (AvgIpc) is 2.04. The highest BCUT2D eigenvalue weighted by molar-refractivity contribution is 7.80. The maximum atomic E-state index is 5.38. The minimum absolute atomic E-state index is 0.179. The van der Waals surface area contributed by atoms with Crippen molar-refractivity contribution in [3.63, 3.8) is 0 Å². The molecule has 3 heteroatoms. The topological polar surface area (TPSA) is 38.0 Å². The van der Waals surface area contributed by atoms with Crippen molar-refractivity contribution in [2.45, 2.75) is 19.9 Å². The fourth-order valence-electron chi connectivity index (χ4n) is 1.15. The zero-order valence-corrected chi connectivity index (χ0v) is 8.69. The summed E-state index contributed by atoms with van der Waals surface area (Å²) in [7, 11) is 0. The van der Waals surface area contributed by atoms with Crippen LogP contribution in [0, 0.1) is 6.92 Å². The lowest BCUT2D eigenvalue weighted by atomic mass is 10.1. The molecule has 1 aromatic rings. The number of nitrogens with one attached hydrogen (secondary N) is 1. The van der Waals surface area contributed by atoms with Gasteiger partial charge in [-0.3, -0.25) is 0 Å². The van der Waals surface area contributed by atoms with E-state index in [1.165, 1.54) is 11.1 Å². The maximum Gasteiger partial charge on any atom is 0.164 e. The normalized spacial score (nSPS) is 12.2. The Morgan fingerprint density at radius 1 is 1.38 bits per heavy atom. The van der Waals surface area contributed by atoms with Crippen LogP contribution in [0.3, 0.4) is 0 Å². The SMILES string of the molecule is Cc1ccc([C@H](C)NC(N)=S)cc1. The molecular formula is C10H14N2S. The minimum atomic E-state index is 0.179. The predicted molar refractivity (Wildman–Crippen MR) is 59.5 cm³/mol. The van der Waals surface area contributed by atoms with Crippen LogP contribution < -0.4 is 11.1 Å². The number of hydrogen-bond donors (Lipinski definition) is 2. The molecule has 0 saturated carbocycles. The Balaban J connectivity index is 2.71. The van der Waals surface area contributed by atoms with Crippen LogP contribution in [0.25, 0.3) is 0 Å². The molecule has 1 aromatic carbocycles. The second kappa shape index (κ2) is 4.23. The molecule has 0 aliphatic rings. The molecule has 0 fully saturated rings. The van der Waals surface area contributed by atoms with Gasteiger partial charge in [-0.05, 0) is 31.6 Å². The van der Waals surface area contributed by atoms with E-state index >= 15 is 0 Å². The van der Waals surface area contributed by atoms with Crippen molar-refractivity contribution in [3.8, 4) is 0 Å². The van der Waals surface area contributed by atoms with Gasteiger partial charge in [0.2, 0.25) is 0 Å². The summed E-state index contributed by atoms with van der Waals surface area (Å²) in [5, 5.41) is 3.33. The van der Waals surface area contributed by atoms with E-state index in [2.05, 4.69) is 36.5 Å². The van der Waals surface area contributed by atoms with Gasteiger partial charge in [0.25, 0.3) is 0 Å². The Labute approximate surface area is 84.1 Å². The average molecular weight is 194 g/mol. The molecule has 13 heavy (non-hydrogen) atoms. The third-order valence-electron chi connectivity index (χ3n) is 1.94. The van der Waals surface area contributed by atoms with Gasteiger partial charge in [0.1, 0.15) is 0 Å². The van der Waals surface area contributed by atoms with Crippen LogP contribution in [-0.2, 0) is 0 Å². The summed E-state index contributed by atoms with van der Waals surface area (Å²) in [6, 6.07) is 8.48.